The summed E-state index contributed by atoms with van der Waals surface area (Å²) in [6.45, 7) is 2.39. The normalized spacial score (nSPS) is 16.5. The summed E-state index contributed by atoms with van der Waals surface area (Å²) in [5.41, 5.74) is 1.30. The van der Waals surface area contributed by atoms with E-state index in [1.807, 2.05) is 6.07 Å². The van der Waals surface area contributed by atoms with E-state index in [9.17, 15) is 14.0 Å². The van der Waals surface area contributed by atoms with E-state index >= 15 is 0 Å². The molecule has 1 aliphatic rings. The first kappa shape index (κ1) is 21.5. The zero-order chi connectivity index (χ0) is 23.1. The van der Waals surface area contributed by atoms with Crippen LogP contribution in [0.15, 0.2) is 46.0 Å². The number of nitrogens with zero attached hydrogens (tertiary/aromatic N) is 4. The molecule has 0 bridgehead atoms. The molecule has 1 aromatic carbocycles. The van der Waals surface area contributed by atoms with Crippen molar-refractivity contribution in [3.8, 4) is 0 Å². The number of amides is 1. The third-order valence-electron chi connectivity index (χ3n) is 6.09. The number of aromatic nitrogens is 3. The Balaban J connectivity index is 1.44. The van der Waals surface area contributed by atoms with Crippen LogP contribution >= 0.6 is 11.3 Å². The summed E-state index contributed by atoms with van der Waals surface area (Å²) in [6, 6.07) is 6.10. The summed E-state index contributed by atoms with van der Waals surface area (Å²) >= 11 is 1.25. The van der Waals surface area contributed by atoms with Crippen LogP contribution in [0.25, 0.3) is 10.2 Å². The number of carbonyl (C=O) groups excluding carboxylic acids is 1. The molecule has 9 heteroatoms. The second-order valence-corrected chi connectivity index (χ2v) is 9.38. The second-order valence-electron chi connectivity index (χ2n) is 8.38. The lowest BCUT2D eigenvalue weighted by Crippen LogP contribution is -2.38. The minimum Gasteiger partial charge on any atom is -0.443 e. The topological polar surface area (TPSA) is 81.2 Å². The largest absolute Gasteiger partial charge is 0.443 e. The van der Waals surface area contributed by atoms with Crippen molar-refractivity contribution in [2.45, 2.75) is 38.6 Å². The van der Waals surface area contributed by atoms with Gasteiger partial charge in [0.15, 0.2) is 0 Å². The molecule has 0 spiro atoms. The lowest BCUT2D eigenvalue weighted by Gasteiger charge is -2.33. The van der Waals surface area contributed by atoms with Crippen LogP contribution in [0.2, 0.25) is 0 Å². The number of likely N-dealkylation sites (tertiary alicyclic amines) is 1. The number of benzene rings is 1. The molecule has 0 saturated carbocycles. The van der Waals surface area contributed by atoms with Gasteiger partial charge in [0, 0.05) is 20.0 Å². The number of aryl methyl sites for hydroxylation is 2. The van der Waals surface area contributed by atoms with Gasteiger partial charge in [0.2, 0.25) is 5.89 Å². The maximum Gasteiger partial charge on any atom is 0.264 e. The van der Waals surface area contributed by atoms with Crippen molar-refractivity contribution in [3.05, 3.63) is 80.6 Å². The fourth-order valence-electron chi connectivity index (χ4n) is 4.38. The molecule has 4 aromatic rings. The van der Waals surface area contributed by atoms with Gasteiger partial charge in [-0.1, -0.05) is 12.1 Å². The predicted molar refractivity (Wildman–Crippen MR) is 123 cm³/mol. The highest BCUT2D eigenvalue weighted by Crippen LogP contribution is 2.35. The van der Waals surface area contributed by atoms with E-state index in [1.165, 1.54) is 34.4 Å². The van der Waals surface area contributed by atoms with Crippen LogP contribution in [0.4, 0.5) is 4.39 Å². The molecule has 1 amide bonds. The van der Waals surface area contributed by atoms with Gasteiger partial charge in [-0.2, -0.15) is 0 Å². The van der Waals surface area contributed by atoms with Crippen LogP contribution in [0.3, 0.4) is 0 Å². The van der Waals surface area contributed by atoms with Crippen LogP contribution in [0.1, 0.15) is 57.8 Å². The highest BCUT2D eigenvalue weighted by atomic mass is 32.1. The molecular formula is C24H23FN4O3S. The van der Waals surface area contributed by atoms with E-state index in [-0.39, 0.29) is 23.3 Å². The number of piperidine rings is 1. The average molecular weight is 467 g/mol. The van der Waals surface area contributed by atoms with Gasteiger partial charge < -0.3 is 13.9 Å². The lowest BCUT2D eigenvalue weighted by molar-refractivity contribution is 0.0574. The Morgan fingerprint density at radius 2 is 2.15 bits per heavy atom. The van der Waals surface area contributed by atoms with Gasteiger partial charge in [-0.15, -0.1) is 11.3 Å². The maximum atomic E-state index is 13.6. The molecule has 3 aromatic heterocycles. The SMILES string of the molecule is Cc1c(C(=O)N2CCCCC2c2ncc(Cc3cccc(F)c3)o2)sc2ncn(C)c(=O)c12. The summed E-state index contributed by atoms with van der Waals surface area (Å²) < 4.78 is 21.0. The number of rotatable bonds is 4. The van der Waals surface area contributed by atoms with E-state index in [0.29, 0.717) is 45.3 Å². The Morgan fingerprint density at radius 3 is 2.97 bits per heavy atom. The summed E-state index contributed by atoms with van der Waals surface area (Å²) in [5.74, 6) is 0.688. The molecule has 0 N–H and O–H groups in total. The molecule has 4 heterocycles. The minimum absolute atomic E-state index is 0.132. The molecule has 1 fully saturated rings. The molecule has 170 valence electrons. The molecule has 1 aliphatic heterocycles. The molecule has 0 aliphatic carbocycles. The van der Waals surface area contributed by atoms with Crippen molar-refractivity contribution >= 4 is 27.5 Å². The Bertz CT molecular complexity index is 1410. The summed E-state index contributed by atoms with van der Waals surface area (Å²) in [7, 11) is 1.65. The van der Waals surface area contributed by atoms with Crippen LogP contribution in [0, 0.1) is 12.7 Å². The second kappa shape index (κ2) is 8.55. The molecule has 1 atom stereocenters. The Labute approximate surface area is 193 Å². The zero-order valence-electron chi connectivity index (χ0n) is 18.4. The van der Waals surface area contributed by atoms with Gasteiger partial charge in [-0.05, 0) is 49.4 Å². The molecular weight excluding hydrogens is 443 g/mol. The van der Waals surface area contributed by atoms with Gasteiger partial charge in [0.1, 0.15) is 22.4 Å². The third-order valence-corrected chi connectivity index (χ3v) is 7.28. The fraction of sp³-hybridized carbons (Fsp3) is 0.333. The first-order valence-corrected chi connectivity index (χ1v) is 11.7. The van der Waals surface area contributed by atoms with Crippen molar-refractivity contribution in [2.24, 2.45) is 7.05 Å². The van der Waals surface area contributed by atoms with Gasteiger partial charge in [-0.25, -0.2) is 14.4 Å². The number of thiophene rings is 1. The van der Waals surface area contributed by atoms with E-state index < -0.39 is 0 Å². The third kappa shape index (κ3) is 3.97. The van der Waals surface area contributed by atoms with Crippen LogP contribution in [-0.4, -0.2) is 31.9 Å². The van der Waals surface area contributed by atoms with E-state index in [1.54, 1.807) is 31.1 Å². The summed E-state index contributed by atoms with van der Waals surface area (Å²) in [6.07, 6.45) is 6.15. The zero-order valence-corrected chi connectivity index (χ0v) is 19.2. The molecule has 5 rings (SSSR count). The van der Waals surface area contributed by atoms with Gasteiger partial charge in [0.25, 0.3) is 11.5 Å². The number of fused-ring (bicyclic) bond motifs is 1. The van der Waals surface area contributed by atoms with E-state index in [0.717, 1.165) is 24.8 Å². The summed E-state index contributed by atoms with van der Waals surface area (Å²) in [5, 5.41) is 0.496. The smallest absolute Gasteiger partial charge is 0.264 e. The lowest BCUT2D eigenvalue weighted by atomic mass is 10.0. The number of carbonyl (C=O) groups is 1. The first-order chi connectivity index (χ1) is 15.9. The Kier molecular flexibility index (Phi) is 5.57. The Hall–Kier alpha value is -3.33. The Morgan fingerprint density at radius 1 is 1.30 bits per heavy atom. The summed E-state index contributed by atoms with van der Waals surface area (Å²) in [4.78, 5) is 37.9. The number of halogens is 1. The predicted octanol–water partition coefficient (Wildman–Crippen LogP) is 4.39. The first-order valence-electron chi connectivity index (χ1n) is 10.9. The molecule has 0 radical (unpaired) electrons. The average Bonchev–Trinajstić information content (AvgIpc) is 3.40. The number of hydrogen-bond acceptors (Lipinski definition) is 6. The minimum atomic E-state index is -0.292. The molecule has 1 unspecified atom stereocenters. The fourth-order valence-corrected chi connectivity index (χ4v) is 5.48. The van der Waals surface area contributed by atoms with Crippen LogP contribution in [0.5, 0.6) is 0 Å². The van der Waals surface area contributed by atoms with Crippen molar-refractivity contribution in [1.82, 2.24) is 19.4 Å². The molecule has 7 nitrogen and oxygen atoms in total. The van der Waals surface area contributed by atoms with Crippen molar-refractivity contribution in [1.29, 1.82) is 0 Å². The standard InChI is InChI=1S/C24H23FN4O3S/c1-14-19-22(27-13-28(2)23(19)30)33-20(14)24(31)29-9-4-3-8-18(29)21-26-12-17(32-21)11-15-6-5-7-16(25)10-15/h5-7,10,12-13,18H,3-4,8-9,11H2,1-2H3. The maximum absolute atomic E-state index is 13.6. The van der Waals surface area contributed by atoms with Crippen LogP contribution in [-0.2, 0) is 13.5 Å². The van der Waals surface area contributed by atoms with Crippen molar-refractivity contribution in [3.63, 3.8) is 0 Å². The molecule has 1 saturated heterocycles. The number of hydrogen-bond donors (Lipinski definition) is 0. The van der Waals surface area contributed by atoms with Gasteiger partial charge >= 0.3 is 0 Å². The van der Waals surface area contributed by atoms with Gasteiger partial charge in [0.05, 0.1) is 22.8 Å². The van der Waals surface area contributed by atoms with Gasteiger partial charge in [-0.3, -0.25) is 9.59 Å². The van der Waals surface area contributed by atoms with Crippen LogP contribution < -0.4 is 5.56 Å². The quantitative estimate of drug-likeness (QED) is 0.446. The highest BCUT2D eigenvalue weighted by Gasteiger charge is 2.34. The monoisotopic (exact) mass is 466 g/mol. The number of oxazole rings is 1. The van der Waals surface area contributed by atoms with E-state index in [4.69, 9.17) is 4.42 Å². The molecule has 33 heavy (non-hydrogen) atoms. The highest BCUT2D eigenvalue weighted by molar-refractivity contribution is 7.20. The van der Waals surface area contributed by atoms with Crippen molar-refractivity contribution in [2.75, 3.05) is 6.54 Å². The van der Waals surface area contributed by atoms with E-state index in [2.05, 4.69) is 9.97 Å². The van der Waals surface area contributed by atoms with Crippen molar-refractivity contribution < 1.29 is 13.6 Å².